The Labute approximate surface area is 180 Å². The van der Waals surface area contributed by atoms with Crippen LogP contribution in [0.5, 0.6) is 0 Å². The molecule has 1 saturated carbocycles. The van der Waals surface area contributed by atoms with Crippen molar-refractivity contribution in [1.82, 2.24) is 29.2 Å². The van der Waals surface area contributed by atoms with Crippen molar-refractivity contribution < 1.29 is 13.3 Å². The highest BCUT2D eigenvalue weighted by atomic mass is 19.3. The number of hydrogen-bond donors (Lipinski definition) is 0. The molecule has 0 bridgehead atoms. The van der Waals surface area contributed by atoms with Crippen molar-refractivity contribution in [3.05, 3.63) is 76.2 Å². The van der Waals surface area contributed by atoms with Crippen LogP contribution in [-0.4, -0.2) is 29.2 Å². The summed E-state index contributed by atoms with van der Waals surface area (Å²) in [5.41, 5.74) is 2.78. The number of alkyl halides is 2. The third kappa shape index (κ3) is 2.97. The zero-order chi connectivity index (χ0) is 22.0. The molecule has 8 nitrogen and oxygen atoms in total. The third-order valence-electron chi connectivity index (χ3n) is 6.40. The second-order valence-corrected chi connectivity index (χ2v) is 8.34. The van der Waals surface area contributed by atoms with Gasteiger partial charge in [0.2, 0.25) is 5.89 Å². The lowest BCUT2D eigenvalue weighted by molar-refractivity contribution is 0.151. The van der Waals surface area contributed by atoms with Crippen molar-refractivity contribution >= 4 is 16.7 Å². The van der Waals surface area contributed by atoms with Crippen LogP contribution >= 0.6 is 0 Å². The molecule has 162 valence electrons. The fourth-order valence-corrected chi connectivity index (χ4v) is 4.66. The molecule has 10 heteroatoms. The van der Waals surface area contributed by atoms with E-state index in [1.54, 1.807) is 30.1 Å². The summed E-state index contributed by atoms with van der Waals surface area (Å²) in [6, 6.07) is 6.47. The Balaban J connectivity index is 1.17. The lowest BCUT2D eigenvalue weighted by Crippen LogP contribution is -2.22. The summed E-state index contributed by atoms with van der Waals surface area (Å²) in [6.07, 6.45) is 3.57. The molecular formula is C22H18F2N6O2. The van der Waals surface area contributed by atoms with Gasteiger partial charge in [-0.1, -0.05) is 35.5 Å². The summed E-state index contributed by atoms with van der Waals surface area (Å²) in [4.78, 5) is 25.5. The van der Waals surface area contributed by atoms with Crippen LogP contribution in [0.25, 0.3) is 16.7 Å². The average molecular weight is 436 g/mol. The van der Waals surface area contributed by atoms with Crippen LogP contribution in [0.4, 0.5) is 8.78 Å². The lowest BCUT2D eigenvalue weighted by atomic mass is 9.99. The van der Waals surface area contributed by atoms with Gasteiger partial charge in [0, 0.05) is 18.5 Å². The van der Waals surface area contributed by atoms with Crippen LogP contribution in [0.15, 0.2) is 52.3 Å². The Hall–Kier alpha value is -3.69. The highest BCUT2D eigenvalue weighted by Crippen LogP contribution is 2.62. The molecule has 3 aromatic heterocycles. The molecule has 3 unspecified atom stereocenters. The van der Waals surface area contributed by atoms with Gasteiger partial charge in [-0.25, -0.2) is 18.7 Å². The molecule has 0 radical (unpaired) electrons. The molecule has 0 aliphatic heterocycles. The smallest absolute Gasteiger partial charge is 0.280 e. The summed E-state index contributed by atoms with van der Waals surface area (Å²) >= 11 is 0. The maximum atomic E-state index is 12.8. The second kappa shape index (κ2) is 6.91. The zero-order valence-electron chi connectivity index (χ0n) is 17.0. The van der Waals surface area contributed by atoms with E-state index in [-0.39, 0.29) is 23.6 Å². The molecule has 3 heterocycles. The molecule has 6 rings (SSSR count). The van der Waals surface area contributed by atoms with Crippen molar-refractivity contribution in [3.63, 3.8) is 0 Å². The van der Waals surface area contributed by atoms with Gasteiger partial charge in [0.15, 0.2) is 17.0 Å². The first-order valence-electron chi connectivity index (χ1n) is 10.3. The second-order valence-electron chi connectivity index (χ2n) is 8.34. The summed E-state index contributed by atoms with van der Waals surface area (Å²) in [6.45, 7) is 0.138. The van der Waals surface area contributed by atoms with E-state index in [1.165, 1.54) is 28.6 Å². The predicted octanol–water partition coefficient (Wildman–Crippen LogP) is 3.32. The Morgan fingerprint density at radius 2 is 1.97 bits per heavy atom. The SMILES string of the molecule is Cn1cnc2ncn(Cc3nc(C4C5C=C(c6ccc(C(F)F)cc6)CC54)no3)c(=O)c21. The number of aromatic nitrogens is 6. The van der Waals surface area contributed by atoms with Crippen LogP contribution in [0.2, 0.25) is 0 Å². The van der Waals surface area contributed by atoms with Crippen molar-refractivity contribution in [3.8, 4) is 0 Å². The molecule has 0 amide bonds. The molecule has 0 spiro atoms. The number of allylic oxidation sites excluding steroid dienone is 2. The van der Waals surface area contributed by atoms with Gasteiger partial charge in [-0.3, -0.25) is 9.36 Å². The standard InChI is InChI=1S/C22H18F2N6O2/c1-29-9-25-21-18(29)22(31)30(10-26-21)8-16-27-20(28-32-16)17-14-6-13(7-15(14)17)11-2-4-12(5-3-11)19(23)24/h2-6,9-10,14-15,17,19H,7-8H2,1H3. The number of nitrogens with zero attached hydrogens (tertiary/aromatic N) is 6. The van der Waals surface area contributed by atoms with Crippen LogP contribution in [0.3, 0.4) is 0 Å². The van der Waals surface area contributed by atoms with Crippen molar-refractivity contribution in [1.29, 1.82) is 0 Å². The fraction of sp³-hybridized carbons (Fsp3) is 0.318. The monoisotopic (exact) mass is 436 g/mol. The molecule has 2 aliphatic rings. The summed E-state index contributed by atoms with van der Waals surface area (Å²) in [7, 11) is 1.74. The molecule has 1 fully saturated rings. The first-order chi connectivity index (χ1) is 15.5. The quantitative estimate of drug-likeness (QED) is 0.477. The van der Waals surface area contributed by atoms with E-state index in [9.17, 15) is 13.6 Å². The maximum absolute atomic E-state index is 12.8. The van der Waals surface area contributed by atoms with Crippen molar-refractivity contribution in [2.24, 2.45) is 18.9 Å². The van der Waals surface area contributed by atoms with E-state index < -0.39 is 6.43 Å². The minimum Gasteiger partial charge on any atom is -0.337 e. The van der Waals surface area contributed by atoms with Gasteiger partial charge in [-0.2, -0.15) is 4.98 Å². The Morgan fingerprint density at radius 3 is 2.69 bits per heavy atom. The maximum Gasteiger partial charge on any atom is 0.280 e. The molecule has 32 heavy (non-hydrogen) atoms. The van der Waals surface area contributed by atoms with Crippen LogP contribution in [0, 0.1) is 11.8 Å². The molecule has 1 aromatic carbocycles. The van der Waals surface area contributed by atoms with Gasteiger partial charge in [-0.05, 0) is 29.4 Å². The topological polar surface area (TPSA) is 91.6 Å². The highest BCUT2D eigenvalue weighted by molar-refractivity contribution is 5.71. The van der Waals surface area contributed by atoms with Gasteiger partial charge in [-0.15, -0.1) is 0 Å². The number of hydrogen-bond acceptors (Lipinski definition) is 6. The molecule has 2 aliphatic carbocycles. The van der Waals surface area contributed by atoms with Gasteiger partial charge < -0.3 is 9.09 Å². The molecular weight excluding hydrogens is 418 g/mol. The van der Waals surface area contributed by atoms with E-state index in [1.807, 2.05) is 0 Å². The van der Waals surface area contributed by atoms with E-state index in [0.29, 0.717) is 34.7 Å². The van der Waals surface area contributed by atoms with Gasteiger partial charge in [0.1, 0.15) is 12.9 Å². The largest absolute Gasteiger partial charge is 0.337 e. The number of fused-ring (bicyclic) bond motifs is 2. The van der Waals surface area contributed by atoms with Crippen molar-refractivity contribution in [2.75, 3.05) is 0 Å². The third-order valence-corrected chi connectivity index (χ3v) is 6.40. The van der Waals surface area contributed by atoms with E-state index >= 15 is 0 Å². The fourth-order valence-electron chi connectivity index (χ4n) is 4.66. The Morgan fingerprint density at radius 1 is 1.19 bits per heavy atom. The Bertz CT molecular complexity index is 1420. The average Bonchev–Trinajstić information content (AvgIpc) is 3.21. The molecule has 4 aromatic rings. The minimum atomic E-state index is -2.45. The number of benzene rings is 1. The normalized spacial score (nSPS) is 21.9. The highest BCUT2D eigenvalue weighted by Gasteiger charge is 2.55. The van der Waals surface area contributed by atoms with E-state index in [2.05, 4.69) is 26.2 Å². The minimum absolute atomic E-state index is 0.0339. The first kappa shape index (κ1) is 19.0. The zero-order valence-corrected chi connectivity index (χ0v) is 17.0. The molecule has 0 saturated heterocycles. The van der Waals surface area contributed by atoms with Gasteiger partial charge in [0.25, 0.3) is 12.0 Å². The van der Waals surface area contributed by atoms with Crippen LogP contribution in [-0.2, 0) is 13.6 Å². The number of rotatable bonds is 5. The first-order valence-corrected chi connectivity index (χ1v) is 10.3. The molecule has 0 N–H and O–H groups in total. The number of imidazole rings is 1. The Kier molecular flexibility index (Phi) is 4.11. The van der Waals surface area contributed by atoms with E-state index in [0.717, 1.165) is 12.0 Å². The van der Waals surface area contributed by atoms with Gasteiger partial charge in [0.05, 0.1) is 6.33 Å². The summed E-state index contributed by atoms with van der Waals surface area (Å²) in [5.74, 6) is 1.88. The van der Waals surface area contributed by atoms with Crippen molar-refractivity contribution in [2.45, 2.75) is 25.3 Å². The van der Waals surface area contributed by atoms with Gasteiger partial charge >= 0.3 is 0 Å². The van der Waals surface area contributed by atoms with E-state index in [4.69, 9.17) is 4.52 Å². The van der Waals surface area contributed by atoms with Crippen LogP contribution in [0.1, 0.15) is 41.6 Å². The number of aryl methyl sites for hydroxylation is 1. The number of halogens is 2. The summed E-state index contributed by atoms with van der Waals surface area (Å²) in [5, 5.41) is 4.13. The molecule has 3 atom stereocenters. The summed E-state index contributed by atoms with van der Waals surface area (Å²) < 4.78 is 34.0. The van der Waals surface area contributed by atoms with Crippen LogP contribution < -0.4 is 5.56 Å². The predicted molar refractivity (Wildman–Crippen MR) is 110 cm³/mol. The lowest BCUT2D eigenvalue weighted by Gasteiger charge is -2.07.